The maximum absolute atomic E-state index is 11.7. The Bertz CT molecular complexity index is 391. The van der Waals surface area contributed by atoms with E-state index in [1.807, 2.05) is 6.07 Å². The zero-order chi connectivity index (χ0) is 12.1. The Morgan fingerprint density at radius 3 is 2.62 bits per heavy atom. The van der Waals surface area contributed by atoms with Gasteiger partial charge in [-0.3, -0.25) is 0 Å². The molecule has 0 aliphatic carbocycles. The maximum atomic E-state index is 11.7. The largest absolute Gasteiger partial charge is 0.496 e. The van der Waals surface area contributed by atoms with E-state index in [0.29, 0.717) is 27.7 Å². The Morgan fingerprint density at radius 2 is 2.12 bits per heavy atom. The second-order valence-corrected chi connectivity index (χ2v) is 4.37. The van der Waals surface area contributed by atoms with Gasteiger partial charge in [0.1, 0.15) is 5.75 Å². The highest BCUT2D eigenvalue weighted by atomic mass is 79.9. The third-order valence-corrected chi connectivity index (χ3v) is 3.43. The number of hydrogen-bond donors (Lipinski definition) is 0. The van der Waals surface area contributed by atoms with E-state index in [4.69, 9.17) is 9.47 Å². The Morgan fingerprint density at radius 1 is 1.44 bits per heavy atom. The Balaban J connectivity index is 3.20. The molecule has 0 radical (unpaired) electrons. The molecule has 0 spiro atoms. The Hall–Kier alpha value is -0.550. The molecular weight excluding hydrogens is 340 g/mol. The number of esters is 1. The zero-order valence-corrected chi connectivity index (χ0v) is 12.2. The fourth-order valence-corrected chi connectivity index (χ4v) is 2.11. The van der Waals surface area contributed by atoms with Crippen LogP contribution in [0.25, 0.3) is 0 Å². The predicted molar refractivity (Wildman–Crippen MR) is 69.3 cm³/mol. The first-order chi connectivity index (χ1) is 7.63. The van der Waals surface area contributed by atoms with Crippen molar-refractivity contribution in [3.8, 4) is 5.75 Å². The van der Waals surface area contributed by atoms with E-state index in [9.17, 15) is 4.79 Å². The molecule has 5 heteroatoms. The van der Waals surface area contributed by atoms with Gasteiger partial charge in [-0.1, -0.05) is 15.9 Å². The molecular formula is C11H12Br2O3. The average molecular weight is 352 g/mol. The lowest BCUT2D eigenvalue weighted by Gasteiger charge is -2.10. The quantitative estimate of drug-likeness (QED) is 0.615. The molecule has 0 unspecified atom stereocenters. The summed E-state index contributed by atoms with van der Waals surface area (Å²) in [6.07, 6.45) is 0. The van der Waals surface area contributed by atoms with Crippen LogP contribution in [0.2, 0.25) is 0 Å². The van der Waals surface area contributed by atoms with Gasteiger partial charge < -0.3 is 9.47 Å². The fraction of sp³-hybridized carbons (Fsp3) is 0.364. The van der Waals surface area contributed by atoms with Gasteiger partial charge >= 0.3 is 5.97 Å². The van der Waals surface area contributed by atoms with Crippen LogP contribution in [0, 0.1) is 0 Å². The van der Waals surface area contributed by atoms with Gasteiger partial charge in [-0.2, -0.15) is 0 Å². The standard InChI is InChI=1S/C11H12Br2O3/c1-3-16-11(14)8-4-7(6-12)5-9(15-2)10(8)13/h4-5H,3,6H2,1-2H3. The first-order valence-electron chi connectivity index (χ1n) is 4.73. The van der Waals surface area contributed by atoms with Gasteiger partial charge in [-0.05, 0) is 40.5 Å². The van der Waals surface area contributed by atoms with E-state index >= 15 is 0 Å². The molecule has 1 rings (SSSR count). The van der Waals surface area contributed by atoms with Crippen LogP contribution in [0.4, 0.5) is 0 Å². The van der Waals surface area contributed by atoms with Crippen LogP contribution in [0.3, 0.4) is 0 Å². The minimum atomic E-state index is -0.351. The molecule has 0 aliphatic heterocycles. The van der Waals surface area contributed by atoms with Crippen molar-refractivity contribution in [2.45, 2.75) is 12.3 Å². The molecule has 0 bridgehead atoms. The first kappa shape index (κ1) is 13.5. The number of rotatable bonds is 4. The third kappa shape index (κ3) is 2.98. The van der Waals surface area contributed by atoms with Crippen molar-refractivity contribution in [3.05, 3.63) is 27.7 Å². The molecule has 0 amide bonds. The molecule has 0 aromatic heterocycles. The number of benzene rings is 1. The molecule has 16 heavy (non-hydrogen) atoms. The van der Waals surface area contributed by atoms with Gasteiger partial charge in [-0.25, -0.2) is 4.79 Å². The van der Waals surface area contributed by atoms with E-state index in [-0.39, 0.29) is 5.97 Å². The summed E-state index contributed by atoms with van der Waals surface area (Å²) in [4.78, 5) is 11.7. The van der Waals surface area contributed by atoms with Gasteiger partial charge in [0.05, 0.1) is 23.8 Å². The summed E-state index contributed by atoms with van der Waals surface area (Å²) in [5.41, 5.74) is 1.44. The van der Waals surface area contributed by atoms with Crippen molar-refractivity contribution in [2.75, 3.05) is 13.7 Å². The van der Waals surface area contributed by atoms with Crippen LogP contribution in [-0.2, 0) is 10.1 Å². The molecule has 0 heterocycles. The summed E-state index contributed by atoms with van der Waals surface area (Å²) in [6.45, 7) is 2.13. The molecule has 3 nitrogen and oxygen atoms in total. The van der Waals surface area contributed by atoms with Crippen LogP contribution in [0.15, 0.2) is 16.6 Å². The van der Waals surface area contributed by atoms with Crippen LogP contribution in [0.5, 0.6) is 5.75 Å². The van der Waals surface area contributed by atoms with Crippen LogP contribution in [-0.4, -0.2) is 19.7 Å². The highest BCUT2D eigenvalue weighted by molar-refractivity contribution is 9.10. The average Bonchev–Trinajstić information content (AvgIpc) is 2.29. The van der Waals surface area contributed by atoms with E-state index in [0.717, 1.165) is 5.56 Å². The van der Waals surface area contributed by atoms with E-state index in [1.54, 1.807) is 20.1 Å². The molecule has 0 saturated carbocycles. The van der Waals surface area contributed by atoms with Crippen molar-refractivity contribution in [3.63, 3.8) is 0 Å². The van der Waals surface area contributed by atoms with E-state index in [1.165, 1.54) is 0 Å². The molecule has 1 aromatic carbocycles. The van der Waals surface area contributed by atoms with Gasteiger partial charge in [0.15, 0.2) is 0 Å². The number of carbonyl (C=O) groups is 1. The number of ether oxygens (including phenoxy) is 2. The highest BCUT2D eigenvalue weighted by Crippen LogP contribution is 2.31. The number of methoxy groups -OCH3 is 1. The van der Waals surface area contributed by atoms with E-state index in [2.05, 4.69) is 31.9 Å². The lowest BCUT2D eigenvalue weighted by atomic mass is 10.1. The Labute approximate surface area is 111 Å². The third-order valence-electron chi connectivity index (χ3n) is 1.97. The maximum Gasteiger partial charge on any atom is 0.339 e. The van der Waals surface area contributed by atoms with Crippen molar-refractivity contribution in [1.82, 2.24) is 0 Å². The number of hydrogen-bond acceptors (Lipinski definition) is 3. The smallest absolute Gasteiger partial charge is 0.339 e. The first-order valence-corrected chi connectivity index (χ1v) is 6.65. The summed E-state index contributed by atoms with van der Waals surface area (Å²) in [7, 11) is 1.56. The number of carbonyl (C=O) groups excluding carboxylic acids is 1. The molecule has 1 aromatic rings. The summed E-state index contributed by atoms with van der Waals surface area (Å²) in [6, 6.07) is 3.64. The predicted octanol–water partition coefficient (Wildman–Crippen LogP) is 3.53. The lowest BCUT2D eigenvalue weighted by Crippen LogP contribution is -2.07. The molecule has 88 valence electrons. The van der Waals surface area contributed by atoms with Crippen molar-refractivity contribution < 1.29 is 14.3 Å². The second kappa shape index (κ2) is 6.25. The van der Waals surface area contributed by atoms with Gasteiger partial charge in [0.25, 0.3) is 0 Å². The number of halogens is 2. The second-order valence-electron chi connectivity index (χ2n) is 3.01. The molecule has 0 fully saturated rings. The number of alkyl halides is 1. The summed E-state index contributed by atoms with van der Waals surface area (Å²) < 4.78 is 10.8. The van der Waals surface area contributed by atoms with Crippen molar-refractivity contribution in [1.29, 1.82) is 0 Å². The highest BCUT2D eigenvalue weighted by Gasteiger charge is 2.16. The minimum Gasteiger partial charge on any atom is -0.496 e. The van der Waals surface area contributed by atoms with E-state index < -0.39 is 0 Å². The van der Waals surface area contributed by atoms with Crippen LogP contribution in [0.1, 0.15) is 22.8 Å². The fourth-order valence-electron chi connectivity index (χ4n) is 1.24. The van der Waals surface area contributed by atoms with Crippen molar-refractivity contribution in [2.24, 2.45) is 0 Å². The SMILES string of the molecule is CCOC(=O)c1cc(CBr)cc(OC)c1Br. The van der Waals surface area contributed by atoms with Gasteiger partial charge in [-0.15, -0.1) is 0 Å². The van der Waals surface area contributed by atoms with Crippen LogP contribution >= 0.6 is 31.9 Å². The van der Waals surface area contributed by atoms with Gasteiger partial charge in [0, 0.05) is 5.33 Å². The zero-order valence-electron chi connectivity index (χ0n) is 9.05. The van der Waals surface area contributed by atoms with Crippen LogP contribution < -0.4 is 4.74 Å². The van der Waals surface area contributed by atoms with Crippen molar-refractivity contribution >= 4 is 37.8 Å². The normalized spacial score (nSPS) is 10.0. The van der Waals surface area contributed by atoms with Gasteiger partial charge in [0.2, 0.25) is 0 Å². The Kier molecular flexibility index (Phi) is 5.28. The molecule has 0 atom stereocenters. The topological polar surface area (TPSA) is 35.5 Å². The summed E-state index contributed by atoms with van der Waals surface area (Å²) >= 11 is 6.68. The minimum absolute atomic E-state index is 0.351. The molecule has 0 saturated heterocycles. The lowest BCUT2D eigenvalue weighted by molar-refractivity contribution is 0.0524. The monoisotopic (exact) mass is 350 g/mol. The molecule has 0 N–H and O–H groups in total. The molecule has 0 aliphatic rings. The summed E-state index contributed by atoms with van der Waals surface area (Å²) in [5, 5.41) is 0.656. The summed E-state index contributed by atoms with van der Waals surface area (Å²) in [5.74, 6) is 0.274.